The van der Waals surface area contributed by atoms with E-state index in [0.29, 0.717) is 22.3 Å². The van der Waals surface area contributed by atoms with Crippen molar-refractivity contribution in [3.63, 3.8) is 0 Å². The van der Waals surface area contributed by atoms with Gasteiger partial charge in [0.25, 0.3) is 5.91 Å². The molecule has 0 atom stereocenters. The maximum Gasteiger partial charge on any atom is 0.267 e. The number of carbonyl (C=O) groups excluding carboxylic acids is 1. The number of aromatic nitrogens is 1. The summed E-state index contributed by atoms with van der Waals surface area (Å²) in [4.78, 5) is 14.5. The van der Waals surface area contributed by atoms with Gasteiger partial charge in [0, 0.05) is 17.8 Å². The van der Waals surface area contributed by atoms with E-state index >= 15 is 0 Å². The lowest BCUT2D eigenvalue weighted by atomic mass is 10.1. The second kappa shape index (κ2) is 5.94. The molecule has 1 heterocycles. The fourth-order valence-corrected chi connectivity index (χ4v) is 1.86. The second-order valence-corrected chi connectivity index (χ2v) is 4.74. The van der Waals surface area contributed by atoms with E-state index in [4.69, 9.17) is 23.2 Å². The fourth-order valence-electron chi connectivity index (χ4n) is 1.57. The molecule has 1 aromatic heterocycles. The van der Waals surface area contributed by atoms with Gasteiger partial charge in [-0.1, -0.05) is 35.3 Å². The summed E-state index contributed by atoms with van der Waals surface area (Å²) in [5, 5.41) is 4.05. The number of H-pyrrole nitrogens is 1. The minimum absolute atomic E-state index is 0.157. The molecule has 5 heteroatoms. The predicted molar refractivity (Wildman–Crippen MR) is 73.3 cm³/mol. The van der Waals surface area contributed by atoms with Crippen LogP contribution in [-0.2, 0) is 6.42 Å². The quantitative estimate of drug-likeness (QED) is 0.888. The van der Waals surface area contributed by atoms with Gasteiger partial charge in [-0.05, 0) is 30.2 Å². The summed E-state index contributed by atoms with van der Waals surface area (Å²) >= 11 is 11.5. The number of halogens is 2. The highest BCUT2D eigenvalue weighted by molar-refractivity contribution is 6.31. The van der Waals surface area contributed by atoms with E-state index in [1.807, 2.05) is 24.3 Å². The molecule has 2 rings (SSSR count). The SMILES string of the molecule is O=C(NCCc1ccc(Cl)cc1)c1cc(Cl)c[nH]1. The summed E-state index contributed by atoms with van der Waals surface area (Å²) in [6, 6.07) is 9.16. The number of hydrogen-bond acceptors (Lipinski definition) is 1. The van der Waals surface area contributed by atoms with Crippen LogP contribution in [0.5, 0.6) is 0 Å². The summed E-state index contributed by atoms with van der Waals surface area (Å²) in [5.41, 5.74) is 1.60. The Balaban J connectivity index is 1.82. The number of rotatable bonds is 4. The number of carbonyl (C=O) groups is 1. The molecule has 0 bridgehead atoms. The van der Waals surface area contributed by atoms with Crippen molar-refractivity contribution in [1.82, 2.24) is 10.3 Å². The molecule has 0 saturated heterocycles. The summed E-state index contributed by atoms with van der Waals surface area (Å²) < 4.78 is 0. The zero-order valence-electron chi connectivity index (χ0n) is 9.54. The third-order valence-electron chi connectivity index (χ3n) is 2.50. The number of benzene rings is 1. The summed E-state index contributed by atoms with van der Waals surface area (Å²) in [6.45, 7) is 0.567. The average molecular weight is 283 g/mol. The zero-order chi connectivity index (χ0) is 13.0. The van der Waals surface area contributed by atoms with Gasteiger partial charge in [0.15, 0.2) is 0 Å². The van der Waals surface area contributed by atoms with Crippen molar-refractivity contribution in [2.75, 3.05) is 6.54 Å². The van der Waals surface area contributed by atoms with E-state index in [1.165, 1.54) is 0 Å². The van der Waals surface area contributed by atoms with Gasteiger partial charge in [0.1, 0.15) is 5.69 Å². The van der Waals surface area contributed by atoms with Crippen molar-refractivity contribution in [3.05, 3.63) is 57.8 Å². The van der Waals surface area contributed by atoms with Gasteiger partial charge in [-0.25, -0.2) is 0 Å². The first-order valence-corrected chi connectivity index (χ1v) is 6.27. The fraction of sp³-hybridized carbons (Fsp3) is 0.154. The number of amides is 1. The van der Waals surface area contributed by atoms with Gasteiger partial charge in [-0.15, -0.1) is 0 Å². The maximum absolute atomic E-state index is 11.7. The van der Waals surface area contributed by atoms with Gasteiger partial charge in [0.05, 0.1) is 5.02 Å². The molecule has 0 aliphatic rings. The van der Waals surface area contributed by atoms with Crippen molar-refractivity contribution in [2.24, 2.45) is 0 Å². The van der Waals surface area contributed by atoms with Gasteiger partial charge in [-0.2, -0.15) is 0 Å². The Kier molecular flexibility index (Phi) is 4.28. The zero-order valence-corrected chi connectivity index (χ0v) is 11.1. The van der Waals surface area contributed by atoms with Gasteiger partial charge in [-0.3, -0.25) is 4.79 Å². The first kappa shape index (κ1) is 13.0. The number of aromatic amines is 1. The molecule has 0 unspecified atom stereocenters. The van der Waals surface area contributed by atoms with Crippen molar-refractivity contribution in [2.45, 2.75) is 6.42 Å². The van der Waals surface area contributed by atoms with Gasteiger partial charge < -0.3 is 10.3 Å². The Hall–Kier alpha value is -1.45. The van der Waals surface area contributed by atoms with Crippen LogP contribution in [-0.4, -0.2) is 17.4 Å². The highest BCUT2D eigenvalue weighted by Crippen LogP contribution is 2.10. The lowest BCUT2D eigenvalue weighted by molar-refractivity contribution is 0.0950. The van der Waals surface area contributed by atoms with Crippen LogP contribution >= 0.6 is 23.2 Å². The van der Waals surface area contributed by atoms with E-state index < -0.39 is 0 Å². The van der Waals surface area contributed by atoms with Crippen LogP contribution in [0.25, 0.3) is 0 Å². The van der Waals surface area contributed by atoms with E-state index in [-0.39, 0.29) is 5.91 Å². The van der Waals surface area contributed by atoms with Crippen LogP contribution < -0.4 is 5.32 Å². The van der Waals surface area contributed by atoms with Crippen LogP contribution in [0.4, 0.5) is 0 Å². The lowest BCUT2D eigenvalue weighted by Crippen LogP contribution is -2.25. The molecule has 1 amide bonds. The Morgan fingerprint density at radius 2 is 1.89 bits per heavy atom. The second-order valence-electron chi connectivity index (χ2n) is 3.86. The highest BCUT2D eigenvalue weighted by atomic mass is 35.5. The van der Waals surface area contributed by atoms with Gasteiger partial charge >= 0.3 is 0 Å². The minimum atomic E-state index is -0.157. The molecule has 0 aliphatic carbocycles. The van der Waals surface area contributed by atoms with Crippen molar-refractivity contribution < 1.29 is 4.79 Å². The number of hydrogen-bond donors (Lipinski definition) is 2. The van der Waals surface area contributed by atoms with E-state index in [0.717, 1.165) is 12.0 Å². The Bertz CT molecular complexity index is 534. The normalized spacial score (nSPS) is 10.3. The number of nitrogens with one attached hydrogen (secondary N) is 2. The van der Waals surface area contributed by atoms with E-state index in [2.05, 4.69) is 10.3 Å². The standard InChI is InChI=1S/C13H12Cl2N2O/c14-10-3-1-9(2-4-10)5-6-16-13(18)12-7-11(15)8-17-12/h1-4,7-8,17H,5-6H2,(H,16,18). The molecule has 3 nitrogen and oxygen atoms in total. The van der Waals surface area contributed by atoms with Crippen molar-refractivity contribution >= 4 is 29.1 Å². The average Bonchev–Trinajstić information content (AvgIpc) is 2.78. The molecule has 2 N–H and O–H groups in total. The molecule has 0 saturated carbocycles. The Labute approximate surface area is 115 Å². The third kappa shape index (κ3) is 3.52. The highest BCUT2D eigenvalue weighted by Gasteiger charge is 2.06. The molecule has 18 heavy (non-hydrogen) atoms. The van der Waals surface area contributed by atoms with Crippen molar-refractivity contribution in [1.29, 1.82) is 0 Å². The van der Waals surface area contributed by atoms with Crippen LogP contribution in [0, 0.1) is 0 Å². The first-order chi connectivity index (χ1) is 8.65. The van der Waals surface area contributed by atoms with Crippen LogP contribution in [0.3, 0.4) is 0 Å². The monoisotopic (exact) mass is 282 g/mol. The maximum atomic E-state index is 11.7. The Morgan fingerprint density at radius 3 is 2.50 bits per heavy atom. The molecule has 0 aliphatic heterocycles. The predicted octanol–water partition coefficient (Wildman–Crippen LogP) is 3.29. The van der Waals surface area contributed by atoms with Crippen molar-refractivity contribution in [3.8, 4) is 0 Å². The topological polar surface area (TPSA) is 44.9 Å². The first-order valence-electron chi connectivity index (χ1n) is 5.52. The molecule has 0 fully saturated rings. The minimum Gasteiger partial charge on any atom is -0.356 e. The molecule has 0 spiro atoms. The smallest absolute Gasteiger partial charge is 0.267 e. The molecule has 2 aromatic rings. The van der Waals surface area contributed by atoms with Gasteiger partial charge in [0.2, 0.25) is 0 Å². The van der Waals surface area contributed by atoms with E-state index in [9.17, 15) is 4.79 Å². The molecular weight excluding hydrogens is 271 g/mol. The molecule has 0 radical (unpaired) electrons. The molecular formula is C13H12Cl2N2O. The summed E-state index contributed by atoms with van der Waals surface area (Å²) in [7, 11) is 0. The third-order valence-corrected chi connectivity index (χ3v) is 2.98. The lowest BCUT2D eigenvalue weighted by Gasteiger charge is -2.04. The molecule has 94 valence electrons. The van der Waals surface area contributed by atoms with Crippen LogP contribution in [0.2, 0.25) is 10.0 Å². The summed E-state index contributed by atoms with van der Waals surface area (Å²) in [5.74, 6) is -0.157. The Morgan fingerprint density at radius 1 is 1.17 bits per heavy atom. The van der Waals surface area contributed by atoms with Crippen LogP contribution in [0.1, 0.15) is 16.1 Å². The van der Waals surface area contributed by atoms with Crippen LogP contribution in [0.15, 0.2) is 36.5 Å². The largest absolute Gasteiger partial charge is 0.356 e. The molecule has 1 aromatic carbocycles. The van der Waals surface area contributed by atoms with E-state index in [1.54, 1.807) is 12.3 Å². The summed E-state index contributed by atoms with van der Waals surface area (Å²) in [6.07, 6.45) is 2.34.